The molecule has 180 valence electrons. The fraction of sp³-hybridized carbons (Fsp3) is 0.632. The maximum absolute atomic E-state index is 13.0. The number of benzene rings is 1. The van der Waals surface area contributed by atoms with E-state index in [1.807, 2.05) is 0 Å². The molecule has 1 amide bonds. The first kappa shape index (κ1) is 24.6. The third-order valence-corrected chi connectivity index (χ3v) is 7.50. The molecule has 2 atom stereocenters. The number of hydrogen-bond acceptors (Lipinski definition) is 7. The molecule has 2 fully saturated rings. The predicted octanol–water partition coefficient (Wildman–Crippen LogP) is 1.84. The fourth-order valence-corrected chi connectivity index (χ4v) is 5.83. The van der Waals surface area contributed by atoms with E-state index in [1.165, 1.54) is 16.4 Å². The van der Waals surface area contributed by atoms with E-state index >= 15 is 0 Å². The summed E-state index contributed by atoms with van der Waals surface area (Å²) in [4.78, 5) is 11.3. The molecule has 2 saturated heterocycles. The van der Waals surface area contributed by atoms with E-state index in [2.05, 4.69) is 0 Å². The molecule has 0 aromatic heterocycles. The van der Waals surface area contributed by atoms with Gasteiger partial charge in [-0.2, -0.15) is 13.2 Å². The van der Waals surface area contributed by atoms with E-state index in [0.717, 1.165) is 12.1 Å². The van der Waals surface area contributed by atoms with Crippen LogP contribution in [0, 0.1) is 0 Å². The number of carbonyl (C=O) groups excluding carboxylic acids is 1. The zero-order chi connectivity index (χ0) is 23.6. The van der Waals surface area contributed by atoms with Gasteiger partial charge in [-0.05, 0) is 37.1 Å². The SMILES string of the molecule is NC(=O)OC1(CS(=O)(=O)N2CCC(Oc3ccc(C(F)(F)F)cc3)CC2)CCOC(O)C1. The molecule has 9 nitrogen and oxygen atoms in total. The lowest BCUT2D eigenvalue weighted by Crippen LogP contribution is -2.53. The van der Waals surface area contributed by atoms with Gasteiger partial charge in [-0.25, -0.2) is 17.5 Å². The Balaban J connectivity index is 1.59. The second-order valence-electron chi connectivity index (χ2n) is 7.88. The molecule has 32 heavy (non-hydrogen) atoms. The van der Waals surface area contributed by atoms with Gasteiger partial charge >= 0.3 is 12.3 Å². The summed E-state index contributed by atoms with van der Waals surface area (Å²) in [5.74, 6) is -0.280. The van der Waals surface area contributed by atoms with Crippen molar-refractivity contribution in [1.82, 2.24) is 4.31 Å². The molecular formula is C19H25F3N2O7S. The first-order valence-electron chi connectivity index (χ1n) is 9.98. The number of primary amides is 1. The van der Waals surface area contributed by atoms with E-state index in [4.69, 9.17) is 19.9 Å². The highest BCUT2D eigenvalue weighted by atomic mass is 32.2. The number of aliphatic hydroxyl groups is 1. The van der Waals surface area contributed by atoms with Gasteiger partial charge < -0.3 is 25.1 Å². The standard InChI is InChI=1S/C19H25F3N2O7S/c20-19(21,22)13-1-3-14(4-2-13)30-15-5-8-24(9-6-15)32(27,28)12-18(31-17(23)26)7-10-29-16(25)11-18/h1-4,15-16,25H,5-12H2,(H2,23,26). The third kappa shape index (κ3) is 6.24. The number of aliphatic hydroxyl groups excluding tert-OH is 1. The summed E-state index contributed by atoms with van der Waals surface area (Å²) >= 11 is 0. The van der Waals surface area contributed by atoms with Crippen LogP contribution >= 0.6 is 0 Å². The molecule has 2 aliphatic heterocycles. The molecule has 0 saturated carbocycles. The summed E-state index contributed by atoms with van der Waals surface area (Å²) in [5, 5.41) is 9.76. The van der Waals surface area contributed by atoms with Crippen molar-refractivity contribution in [3.8, 4) is 5.75 Å². The van der Waals surface area contributed by atoms with Gasteiger partial charge in [0.25, 0.3) is 0 Å². The van der Waals surface area contributed by atoms with E-state index < -0.39 is 45.5 Å². The number of rotatable bonds is 6. The summed E-state index contributed by atoms with van der Waals surface area (Å²) in [6.45, 7) is 0.256. The van der Waals surface area contributed by atoms with E-state index in [1.54, 1.807) is 0 Å². The number of piperidine rings is 1. The maximum atomic E-state index is 13.0. The van der Waals surface area contributed by atoms with Gasteiger partial charge in [-0.15, -0.1) is 0 Å². The summed E-state index contributed by atoms with van der Waals surface area (Å²) in [7, 11) is -3.88. The number of sulfonamides is 1. The van der Waals surface area contributed by atoms with Crippen LogP contribution in [-0.2, 0) is 25.7 Å². The smallest absolute Gasteiger partial charge is 0.416 e. The van der Waals surface area contributed by atoms with Gasteiger partial charge in [0.15, 0.2) is 6.29 Å². The number of nitrogens with two attached hydrogens (primary N) is 1. The molecule has 0 aliphatic carbocycles. The lowest BCUT2D eigenvalue weighted by Gasteiger charge is -2.39. The molecule has 0 radical (unpaired) electrons. The third-order valence-electron chi connectivity index (χ3n) is 5.46. The van der Waals surface area contributed by atoms with Crippen molar-refractivity contribution in [1.29, 1.82) is 0 Å². The van der Waals surface area contributed by atoms with Gasteiger partial charge in [0.2, 0.25) is 10.0 Å². The predicted molar refractivity (Wildman–Crippen MR) is 105 cm³/mol. The van der Waals surface area contributed by atoms with Crippen LogP contribution in [0.3, 0.4) is 0 Å². The van der Waals surface area contributed by atoms with E-state index in [0.29, 0.717) is 12.8 Å². The highest BCUT2D eigenvalue weighted by Gasteiger charge is 2.45. The summed E-state index contributed by atoms with van der Waals surface area (Å²) in [6.07, 6.45) is -6.71. The van der Waals surface area contributed by atoms with Crippen molar-refractivity contribution < 1.29 is 45.7 Å². The number of hydrogen-bond donors (Lipinski definition) is 2. The lowest BCUT2D eigenvalue weighted by molar-refractivity contribution is -0.178. The molecule has 0 spiro atoms. The Bertz CT molecular complexity index is 902. The van der Waals surface area contributed by atoms with Crippen molar-refractivity contribution >= 4 is 16.1 Å². The fourth-order valence-electron chi connectivity index (χ4n) is 3.89. The van der Waals surface area contributed by atoms with Crippen LogP contribution < -0.4 is 10.5 Å². The largest absolute Gasteiger partial charge is 0.490 e. The van der Waals surface area contributed by atoms with Crippen LogP contribution in [0.15, 0.2) is 24.3 Å². The number of carbonyl (C=O) groups is 1. The van der Waals surface area contributed by atoms with Gasteiger partial charge in [0.1, 0.15) is 23.2 Å². The molecule has 3 rings (SSSR count). The highest BCUT2D eigenvalue weighted by molar-refractivity contribution is 7.89. The van der Waals surface area contributed by atoms with Crippen molar-refractivity contribution in [2.75, 3.05) is 25.4 Å². The molecule has 13 heteroatoms. The number of halogens is 3. The maximum Gasteiger partial charge on any atom is 0.416 e. The quantitative estimate of drug-likeness (QED) is 0.633. The Labute approximate surface area is 183 Å². The number of ether oxygens (including phenoxy) is 3. The minimum absolute atomic E-state index is 0.00695. The highest BCUT2D eigenvalue weighted by Crippen LogP contribution is 2.33. The van der Waals surface area contributed by atoms with Gasteiger partial charge in [-0.3, -0.25) is 0 Å². The number of amides is 1. The molecular weight excluding hydrogens is 457 g/mol. The average Bonchev–Trinajstić information content (AvgIpc) is 2.67. The summed E-state index contributed by atoms with van der Waals surface area (Å²) < 4.78 is 81.0. The number of nitrogens with zero attached hydrogens (tertiary/aromatic N) is 1. The molecule has 1 aromatic carbocycles. The normalized spacial score (nSPS) is 25.9. The van der Waals surface area contributed by atoms with Crippen LogP contribution in [0.2, 0.25) is 0 Å². The molecule has 2 aliphatic rings. The van der Waals surface area contributed by atoms with Gasteiger partial charge in [0, 0.05) is 25.9 Å². The van der Waals surface area contributed by atoms with Gasteiger partial charge in [-0.1, -0.05) is 0 Å². The Hall–Kier alpha value is -2.09. The zero-order valence-corrected chi connectivity index (χ0v) is 17.9. The molecule has 2 unspecified atom stereocenters. The van der Waals surface area contributed by atoms with Crippen LogP contribution in [-0.4, -0.2) is 67.4 Å². The molecule has 1 aromatic rings. The minimum atomic E-state index is -4.44. The number of alkyl halides is 3. The second kappa shape index (κ2) is 9.41. The average molecular weight is 482 g/mol. The minimum Gasteiger partial charge on any atom is -0.490 e. The topological polar surface area (TPSA) is 128 Å². The Morgan fingerprint density at radius 1 is 1.25 bits per heavy atom. The van der Waals surface area contributed by atoms with Crippen molar-refractivity contribution in [3.63, 3.8) is 0 Å². The zero-order valence-electron chi connectivity index (χ0n) is 17.1. The first-order valence-corrected chi connectivity index (χ1v) is 11.6. The van der Waals surface area contributed by atoms with Gasteiger partial charge in [0.05, 0.1) is 12.2 Å². The Morgan fingerprint density at radius 3 is 2.41 bits per heavy atom. The van der Waals surface area contributed by atoms with Crippen molar-refractivity contribution in [3.05, 3.63) is 29.8 Å². The Kier molecular flexibility index (Phi) is 7.22. The Morgan fingerprint density at radius 2 is 1.88 bits per heavy atom. The summed E-state index contributed by atoms with van der Waals surface area (Å²) in [5.41, 5.74) is 2.83. The summed E-state index contributed by atoms with van der Waals surface area (Å²) in [6, 6.07) is 4.31. The van der Waals surface area contributed by atoms with E-state index in [9.17, 15) is 31.5 Å². The molecule has 2 heterocycles. The first-order chi connectivity index (χ1) is 14.9. The molecule has 0 bridgehead atoms. The van der Waals surface area contributed by atoms with Crippen molar-refractivity contribution in [2.45, 2.75) is 49.9 Å². The van der Waals surface area contributed by atoms with Crippen LogP contribution in [0.25, 0.3) is 0 Å². The second-order valence-corrected chi connectivity index (χ2v) is 9.85. The van der Waals surface area contributed by atoms with E-state index in [-0.39, 0.29) is 44.4 Å². The molecule has 3 N–H and O–H groups in total. The van der Waals surface area contributed by atoms with Crippen LogP contribution in [0.4, 0.5) is 18.0 Å². The van der Waals surface area contributed by atoms with Crippen LogP contribution in [0.1, 0.15) is 31.2 Å². The lowest BCUT2D eigenvalue weighted by atomic mass is 9.95. The van der Waals surface area contributed by atoms with Crippen LogP contribution in [0.5, 0.6) is 5.75 Å². The van der Waals surface area contributed by atoms with Crippen molar-refractivity contribution in [2.24, 2.45) is 5.73 Å². The monoisotopic (exact) mass is 482 g/mol.